The van der Waals surface area contributed by atoms with Crippen LogP contribution in [0.4, 0.5) is 0 Å². The molecule has 2 aromatic heterocycles. The van der Waals surface area contributed by atoms with Crippen LogP contribution in [0.1, 0.15) is 23.9 Å². The minimum atomic E-state index is -0.965. The van der Waals surface area contributed by atoms with Gasteiger partial charge in [0.1, 0.15) is 29.5 Å². The number of rotatable bonds is 9. The van der Waals surface area contributed by atoms with E-state index in [4.69, 9.17) is 13.9 Å². The summed E-state index contributed by atoms with van der Waals surface area (Å²) in [6.45, 7) is 4.23. The van der Waals surface area contributed by atoms with Gasteiger partial charge in [-0.1, -0.05) is 18.2 Å². The zero-order chi connectivity index (χ0) is 19.9. The molecule has 0 saturated carbocycles. The van der Waals surface area contributed by atoms with Gasteiger partial charge in [0.05, 0.1) is 0 Å². The molecule has 0 saturated heterocycles. The lowest BCUT2D eigenvalue weighted by molar-refractivity contribution is -0.149. The predicted molar refractivity (Wildman–Crippen MR) is 102 cm³/mol. The molecule has 0 aliphatic rings. The number of nitrogens with zero attached hydrogens (tertiary/aromatic N) is 2. The lowest BCUT2D eigenvalue weighted by Gasteiger charge is -2.12. The van der Waals surface area contributed by atoms with Gasteiger partial charge in [0.2, 0.25) is 5.89 Å². The Bertz CT molecular complexity index is 906. The first-order valence-electron chi connectivity index (χ1n) is 9.00. The van der Waals surface area contributed by atoms with E-state index in [-0.39, 0.29) is 6.61 Å². The second-order valence-corrected chi connectivity index (χ2v) is 6.16. The van der Waals surface area contributed by atoms with Gasteiger partial charge < -0.3 is 19.0 Å². The van der Waals surface area contributed by atoms with E-state index in [2.05, 4.69) is 9.97 Å². The van der Waals surface area contributed by atoms with Crippen molar-refractivity contribution in [1.29, 1.82) is 0 Å². The molecule has 7 heteroatoms. The average Bonchev–Trinajstić information content (AvgIpc) is 3.08. The van der Waals surface area contributed by atoms with E-state index >= 15 is 0 Å². The van der Waals surface area contributed by atoms with Crippen molar-refractivity contribution >= 4 is 5.97 Å². The highest BCUT2D eigenvalue weighted by molar-refractivity contribution is 5.72. The minimum Gasteiger partial charge on any atom is -0.487 e. The van der Waals surface area contributed by atoms with Gasteiger partial charge in [-0.2, -0.15) is 0 Å². The van der Waals surface area contributed by atoms with Crippen LogP contribution in [0.15, 0.2) is 53.1 Å². The minimum absolute atomic E-state index is 0.262. The van der Waals surface area contributed by atoms with Crippen LogP contribution in [0.2, 0.25) is 0 Å². The first-order valence-corrected chi connectivity index (χ1v) is 9.00. The largest absolute Gasteiger partial charge is 0.487 e. The molecule has 28 heavy (non-hydrogen) atoms. The highest BCUT2D eigenvalue weighted by Crippen LogP contribution is 2.21. The summed E-state index contributed by atoms with van der Waals surface area (Å²) < 4.78 is 16.7. The molecular formula is C21H22N2O5. The average molecular weight is 382 g/mol. The Kier molecular flexibility index (Phi) is 6.39. The van der Waals surface area contributed by atoms with Crippen molar-refractivity contribution < 1.29 is 23.8 Å². The van der Waals surface area contributed by atoms with E-state index in [0.717, 1.165) is 5.56 Å². The maximum Gasteiger partial charge on any atom is 0.333 e. The van der Waals surface area contributed by atoms with E-state index in [1.807, 2.05) is 37.3 Å². The molecule has 0 bridgehead atoms. The summed E-state index contributed by atoms with van der Waals surface area (Å²) in [5, 5.41) is 9.17. The molecule has 2 heterocycles. The Morgan fingerprint density at radius 2 is 2.00 bits per heavy atom. The topological polar surface area (TPSA) is 94.7 Å². The number of carboxylic acid groups (broad SMARTS) is 1. The maximum atomic E-state index is 11.2. The molecule has 3 rings (SSSR count). The third kappa shape index (κ3) is 4.95. The van der Waals surface area contributed by atoms with Crippen LogP contribution in [-0.4, -0.2) is 33.8 Å². The van der Waals surface area contributed by atoms with E-state index in [1.165, 1.54) is 0 Å². The van der Waals surface area contributed by atoms with Gasteiger partial charge in [-0.15, -0.1) is 0 Å². The molecule has 0 spiro atoms. The zero-order valence-corrected chi connectivity index (χ0v) is 15.8. The van der Waals surface area contributed by atoms with Gasteiger partial charge in [0.25, 0.3) is 0 Å². The maximum absolute atomic E-state index is 11.2. The highest BCUT2D eigenvalue weighted by Gasteiger charge is 2.18. The van der Waals surface area contributed by atoms with Crippen molar-refractivity contribution in [3.63, 3.8) is 0 Å². The zero-order valence-electron chi connectivity index (χ0n) is 15.8. The van der Waals surface area contributed by atoms with Crippen LogP contribution >= 0.6 is 0 Å². The number of aromatic nitrogens is 2. The Morgan fingerprint density at radius 1 is 1.21 bits per heavy atom. The number of aliphatic carboxylic acids is 1. The molecular weight excluding hydrogens is 360 g/mol. The normalized spacial score (nSPS) is 11.9. The fourth-order valence-electron chi connectivity index (χ4n) is 2.67. The summed E-state index contributed by atoms with van der Waals surface area (Å²) in [5.41, 5.74) is 2.23. The van der Waals surface area contributed by atoms with Crippen LogP contribution in [0.25, 0.3) is 11.6 Å². The fraction of sp³-hybridized carbons (Fsp3) is 0.286. The van der Waals surface area contributed by atoms with Crippen molar-refractivity contribution in [3.8, 4) is 17.3 Å². The quantitative estimate of drug-likeness (QED) is 0.603. The number of oxazole rings is 1. The first-order chi connectivity index (χ1) is 13.6. The van der Waals surface area contributed by atoms with Crippen LogP contribution < -0.4 is 4.74 Å². The Hall–Kier alpha value is -3.19. The number of ether oxygens (including phenoxy) is 2. The fourth-order valence-corrected chi connectivity index (χ4v) is 2.67. The van der Waals surface area contributed by atoms with Gasteiger partial charge in [-0.25, -0.2) is 9.78 Å². The van der Waals surface area contributed by atoms with E-state index < -0.39 is 12.1 Å². The van der Waals surface area contributed by atoms with Crippen molar-refractivity contribution in [2.45, 2.75) is 33.0 Å². The molecule has 0 aliphatic carbocycles. The van der Waals surface area contributed by atoms with E-state index in [1.54, 1.807) is 25.3 Å². The molecule has 1 N–H and O–H groups in total. The number of hydrogen-bond acceptors (Lipinski definition) is 6. The van der Waals surface area contributed by atoms with Crippen molar-refractivity contribution in [1.82, 2.24) is 9.97 Å². The Morgan fingerprint density at radius 3 is 2.64 bits per heavy atom. The molecule has 3 aromatic rings. The number of benzene rings is 1. The molecule has 1 aromatic carbocycles. The van der Waals surface area contributed by atoms with Gasteiger partial charge >= 0.3 is 5.97 Å². The molecule has 1 unspecified atom stereocenters. The molecule has 0 fully saturated rings. The third-order valence-electron chi connectivity index (χ3n) is 4.14. The highest BCUT2D eigenvalue weighted by atomic mass is 16.5. The van der Waals surface area contributed by atoms with Gasteiger partial charge in [-0.05, 0) is 43.7 Å². The summed E-state index contributed by atoms with van der Waals surface area (Å²) in [4.78, 5) is 19.9. The smallest absolute Gasteiger partial charge is 0.333 e. The summed E-state index contributed by atoms with van der Waals surface area (Å²) >= 11 is 0. The summed E-state index contributed by atoms with van der Waals surface area (Å²) in [7, 11) is 0. The van der Waals surface area contributed by atoms with E-state index in [0.29, 0.717) is 41.8 Å². The number of aryl methyl sites for hydroxylation is 1. The number of hydrogen-bond donors (Lipinski definition) is 1. The van der Waals surface area contributed by atoms with E-state index in [9.17, 15) is 9.90 Å². The van der Waals surface area contributed by atoms with Crippen molar-refractivity contribution in [2.75, 3.05) is 6.61 Å². The second kappa shape index (κ2) is 9.14. The van der Waals surface area contributed by atoms with Crippen LogP contribution in [-0.2, 0) is 22.6 Å². The van der Waals surface area contributed by atoms with Gasteiger partial charge in [0, 0.05) is 19.2 Å². The molecule has 0 aliphatic heterocycles. The van der Waals surface area contributed by atoms with Gasteiger partial charge in [0.15, 0.2) is 6.10 Å². The van der Waals surface area contributed by atoms with Crippen LogP contribution in [0.3, 0.4) is 0 Å². The number of pyridine rings is 1. The lowest BCUT2D eigenvalue weighted by Crippen LogP contribution is -2.26. The number of carboxylic acids is 1. The van der Waals surface area contributed by atoms with Crippen LogP contribution in [0, 0.1) is 6.92 Å². The monoisotopic (exact) mass is 382 g/mol. The molecule has 0 amide bonds. The Labute approximate surface area is 163 Å². The standard InChI is InChI=1S/C21H22N2O5/c1-3-26-19(21(24)25)12-15-7-9-16(10-8-15)27-13-18-14(2)28-20(23-18)17-6-4-5-11-22-17/h4-11,19H,3,12-13H2,1-2H3,(H,24,25). The SMILES string of the molecule is CCOC(Cc1ccc(OCc2nc(-c3ccccn3)oc2C)cc1)C(=O)O. The summed E-state index contributed by atoms with van der Waals surface area (Å²) in [5.74, 6) is 0.835. The molecule has 1 atom stereocenters. The van der Waals surface area contributed by atoms with Gasteiger partial charge in [-0.3, -0.25) is 4.98 Å². The van der Waals surface area contributed by atoms with Crippen molar-refractivity contribution in [3.05, 3.63) is 65.7 Å². The lowest BCUT2D eigenvalue weighted by atomic mass is 10.1. The Balaban J connectivity index is 1.61. The summed E-state index contributed by atoms with van der Waals surface area (Å²) in [6, 6.07) is 12.8. The second-order valence-electron chi connectivity index (χ2n) is 6.16. The first kappa shape index (κ1) is 19.6. The van der Waals surface area contributed by atoms with Crippen LogP contribution in [0.5, 0.6) is 5.75 Å². The molecule has 7 nitrogen and oxygen atoms in total. The predicted octanol–water partition coefficient (Wildman–Crippen LogP) is 3.66. The molecule has 0 radical (unpaired) electrons. The number of carbonyl (C=O) groups is 1. The third-order valence-corrected chi connectivity index (χ3v) is 4.14. The van der Waals surface area contributed by atoms with Crippen molar-refractivity contribution in [2.24, 2.45) is 0 Å². The molecule has 146 valence electrons. The summed E-state index contributed by atoms with van der Waals surface area (Å²) in [6.07, 6.45) is 1.14.